The van der Waals surface area contributed by atoms with E-state index in [2.05, 4.69) is 5.32 Å². The van der Waals surface area contributed by atoms with Crippen LogP contribution in [0.3, 0.4) is 0 Å². The molecule has 0 aromatic rings. The number of nitrogens with one attached hydrogen (secondary N) is 1. The third-order valence-electron chi connectivity index (χ3n) is 2.05. The average Bonchev–Trinajstić information content (AvgIpc) is 1.89. The van der Waals surface area contributed by atoms with Crippen molar-refractivity contribution >= 4 is 0 Å². The quantitative estimate of drug-likeness (QED) is 0.568. The molecule has 1 aliphatic rings. The lowest BCUT2D eigenvalue weighted by molar-refractivity contribution is 0.196. The van der Waals surface area contributed by atoms with Gasteiger partial charge in [0.05, 0.1) is 0 Å². The van der Waals surface area contributed by atoms with Crippen LogP contribution in [0.1, 0.15) is 25.7 Å². The van der Waals surface area contributed by atoms with Crippen LogP contribution in [0.25, 0.3) is 0 Å². The Morgan fingerprint density at radius 2 is 2.00 bits per heavy atom. The summed E-state index contributed by atoms with van der Waals surface area (Å²) in [6, 6.07) is 0.138. The minimum atomic E-state index is -0.594. The molecule has 1 fully saturated rings. The molecule has 2 heteroatoms. The highest BCUT2D eigenvalue weighted by Crippen LogP contribution is 2.20. The molecule has 0 aromatic carbocycles. The van der Waals surface area contributed by atoms with Crippen molar-refractivity contribution in [3.05, 3.63) is 0 Å². The summed E-state index contributed by atoms with van der Waals surface area (Å²) in [5, 5.41) is 2.98. The van der Waals surface area contributed by atoms with Gasteiger partial charge in [-0.25, -0.2) is 4.39 Å². The maximum atomic E-state index is 12.8. The van der Waals surface area contributed by atoms with Crippen LogP contribution in [-0.2, 0) is 0 Å². The lowest BCUT2D eigenvalue weighted by Gasteiger charge is -2.24. The Bertz CT molecular complexity index is 85.0. The third-order valence-corrected chi connectivity index (χ3v) is 2.05. The molecule has 0 saturated heterocycles. The van der Waals surface area contributed by atoms with Gasteiger partial charge >= 0.3 is 0 Å². The molecule has 1 aliphatic carbocycles. The van der Waals surface area contributed by atoms with Crippen molar-refractivity contribution in [1.82, 2.24) is 5.32 Å². The van der Waals surface area contributed by atoms with E-state index >= 15 is 0 Å². The number of halogens is 1. The van der Waals surface area contributed by atoms with E-state index in [4.69, 9.17) is 0 Å². The minimum absolute atomic E-state index is 0.138. The first-order valence-electron chi connectivity index (χ1n) is 3.66. The van der Waals surface area contributed by atoms with E-state index in [0.29, 0.717) is 0 Å². The summed E-state index contributed by atoms with van der Waals surface area (Å²) in [6.07, 6.45) is 3.43. The normalized spacial score (nSPS) is 36.7. The summed E-state index contributed by atoms with van der Waals surface area (Å²) in [4.78, 5) is 0. The van der Waals surface area contributed by atoms with Crippen LogP contribution in [0.2, 0.25) is 0 Å². The summed E-state index contributed by atoms with van der Waals surface area (Å²) in [5.41, 5.74) is 0. The summed E-state index contributed by atoms with van der Waals surface area (Å²) >= 11 is 0. The van der Waals surface area contributed by atoms with Crippen molar-refractivity contribution in [2.75, 3.05) is 7.05 Å². The molecule has 1 rings (SSSR count). The monoisotopic (exact) mass is 131 g/mol. The van der Waals surface area contributed by atoms with Gasteiger partial charge < -0.3 is 5.32 Å². The highest BCUT2D eigenvalue weighted by atomic mass is 19.1. The molecule has 1 N–H and O–H groups in total. The zero-order valence-corrected chi connectivity index (χ0v) is 5.86. The van der Waals surface area contributed by atoms with Gasteiger partial charge in [0.15, 0.2) is 0 Å². The Balaban J connectivity index is 2.30. The molecule has 1 nitrogen and oxygen atoms in total. The van der Waals surface area contributed by atoms with E-state index < -0.39 is 6.17 Å². The molecule has 2 atom stereocenters. The number of hydrogen-bond donors (Lipinski definition) is 1. The maximum absolute atomic E-state index is 12.8. The van der Waals surface area contributed by atoms with Crippen molar-refractivity contribution in [2.45, 2.75) is 37.9 Å². The van der Waals surface area contributed by atoms with E-state index in [1.807, 2.05) is 7.05 Å². The van der Waals surface area contributed by atoms with Gasteiger partial charge in [-0.05, 0) is 19.9 Å². The van der Waals surface area contributed by atoms with Crippen molar-refractivity contribution in [3.8, 4) is 0 Å². The molecular formula is C7H14FN. The topological polar surface area (TPSA) is 12.0 Å². The molecule has 0 spiro atoms. The van der Waals surface area contributed by atoms with Crippen molar-refractivity contribution in [1.29, 1.82) is 0 Å². The van der Waals surface area contributed by atoms with Gasteiger partial charge in [0.1, 0.15) is 6.17 Å². The summed E-state index contributed by atoms with van der Waals surface area (Å²) in [6.45, 7) is 0. The van der Waals surface area contributed by atoms with E-state index in [1.54, 1.807) is 0 Å². The Hall–Kier alpha value is -0.110. The number of hydrogen-bond acceptors (Lipinski definition) is 1. The largest absolute Gasteiger partial charge is 0.314 e. The van der Waals surface area contributed by atoms with E-state index in [1.165, 1.54) is 6.42 Å². The number of alkyl halides is 1. The average molecular weight is 131 g/mol. The van der Waals surface area contributed by atoms with Gasteiger partial charge in [-0.1, -0.05) is 12.8 Å². The minimum Gasteiger partial charge on any atom is -0.314 e. The first-order chi connectivity index (χ1) is 4.34. The molecule has 9 heavy (non-hydrogen) atoms. The van der Waals surface area contributed by atoms with Gasteiger partial charge in [-0.3, -0.25) is 0 Å². The van der Waals surface area contributed by atoms with E-state index in [-0.39, 0.29) is 6.04 Å². The van der Waals surface area contributed by atoms with E-state index in [0.717, 1.165) is 19.3 Å². The van der Waals surface area contributed by atoms with Crippen LogP contribution in [0.5, 0.6) is 0 Å². The molecule has 0 heterocycles. The Morgan fingerprint density at radius 1 is 1.33 bits per heavy atom. The summed E-state index contributed by atoms with van der Waals surface area (Å²) < 4.78 is 12.8. The second-order valence-electron chi connectivity index (χ2n) is 2.70. The van der Waals surface area contributed by atoms with Crippen molar-refractivity contribution < 1.29 is 4.39 Å². The van der Waals surface area contributed by atoms with Crippen LogP contribution in [-0.4, -0.2) is 19.3 Å². The predicted octanol–water partition coefficient (Wildman–Crippen LogP) is 1.49. The van der Waals surface area contributed by atoms with Gasteiger partial charge in [0.2, 0.25) is 0 Å². The Morgan fingerprint density at radius 3 is 2.44 bits per heavy atom. The molecule has 0 aromatic heterocycles. The summed E-state index contributed by atoms with van der Waals surface area (Å²) in [5.74, 6) is 0. The van der Waals surface area contributed by atoms with Crippen LogP contribution >= 0.6 is 0 Å². The number of rotatable bonds is 1. The maximum Gasteiger partial charge on any atom is 0.115 e. The zero-order valence-electron chi connectivity index (χ0n) is 5.86. The van der Waals surface area contributed by atoms with Gasteiger partial charge in [0, 0.05) is 6.04 Å². The third kappa shape index (κ3) is 1.65. The fraction of sp³-hybridized carbons (Fsp3) is 1.00. The molecule has 0 bridgehead atoms. The molecular weight excluding hydrogens is 117 g/mol. The highest BCUT2D eigenvalue weighted by molar-refractivity contribution is 4.78. The smallest absolute Gasteiger partial charge is 0.115 e. The Labute approximate surface area is 55.6 Å². The fourth-order valence-corrected chi connectivity index (χ4v) is 1.41. The molecule has 0 radical (unpaired) electrons. The van der Waals surface area contributed by atoms with Crippen molar-refractivity contribution in [2.24, 2.45) is 0 Å². The highest BCUT2D eigenvalue weighted by Gasteiger charge is 2.22. The van der Waals surface area contributed by atoms with Crippen LogP contribution in [0.15, 0.2) is 0 Å². The van der Waals surface area contributed by atoms with E-state index in [9.17, 15) is 4.39 Å². The second-order valence-corrected chi connectivity index (χ2v) is 2.70. The van der Waals surface area contributed by atoms with Crippen LogP contribution < -0.4 is 5.32 Å². The molecule has 0 unspecified atom stereocenters. The molecule has 0 amide bonds. The van der Waals surface area contributed by atoms with Crippen molar-refractivity contribution in [3.63, 3.8) is 0 Å². The van der Waals surface area contributed by atoms with Crippen LogP contribution in [0.4, 0.5) is 4.39 Å². The molecule has 54 valence electrons. The van der Waals surface area contributed by atoms with Crippen LogP contribution in [0, 0.1) is 0 Å². The lowest BCUT2D eigenvalue weighted by atomic mass is 9.94. The second kappa shape index (κ2) is 3.16. The lowest BCUT2D eigenvalue weighted by Crippen LogP contribution is -2.37. The first kappa shape index (κ1) is 7.00. The Kier molecular flexibility index (Phi) is 2.46. The fourth-order valence-electron chi connectivity index (χ4n) is 1.41. The summed E-state index contributed by atoms with van der Waals surface area (Å²) in [7, 11) is 1.84. The van der Waals surface area contributed by atoms with Gasteiger partial charge in [0.25, 0.3) is 0 Å². The first-order valence-corrected chi connectivity index (χ1v) is 3.66. The van der Waals surface area contributed by atoms with Gasteiger partial charge in [-0.2, -0.15) is 0 Å². The SMILES string of the molecule is CN[C@@H]1CCCC[C@H]1F. The zero-order chi connectivity index (χ0) is 6.69. The van der Waals surface area contributed by atoms with Gasteiger partial charge in [-0.15, -0.1) is 0 Å². The predicted molar refractivity (Wildman–Crippen MR) is 36.2 cm³/mol. The standard InChI is InChI=1S/C7H14FN/c1-9-7-5-3-2-4-6(7)8/h6-7,9H,2-5H2,1H3/t6-,7-/m1/s1. The molecule has 0 aliphatic heterocycles. The molecule has 1 saturated carbocycles.